The summed E-state index contributed by atoms with van der Waals surface area (Å²) in [4.78, 5) is 22.8. The molecule has 0 aromatic heterocycles. The van der Waals surface area contributed by atoms with Crippen molar-refractivity contribution in [2.24, 2.45) is 0 Å². The zero-order chi connectivity index (χ0) is 15.1. The molecule has 0 aliphatic carbocycles. The molecule has 2 amide bonds. The second-order valence-corrected chi connectivity index (χ2v) is 4.41. The number of carbonyl (C=O) groups is 2. The summed E-state index contributed by atoms with van der Waals surface area (Å²) in [6.07, 6.45) is 0. The number of rotatable bonds is 5. The van der Waals surface area contributed by atoms with Crippen molar-refractivity contribution in [2.75, 3.05) is 17.2 Å². The van der Waals surface area contributed by atoms with E-state index in [1.54, 1.807) is 36.4 Å². The number of hydrogen-bond donors (Lipinski definition) is 2. The summed E-state index contributed by atoms with van der Waals surface area (Å²) in [5, 5.41) is 5.37. The van der Waals surface area contributed by atoms with Gasteiger partial charge >= 0.3 is 0 Å². The van der Waals surface area contributed by atoms with Gasteiger partial charge in [-0.25, -0.2) is 0 Å². The number of hydrogen-bond acceptors (Lipinski definition) is 3. The maximum atomic E-state index is 11.8. The summed E-state index contributed by atoms with van der Waals surface area (Å²) in [6, 6.07) is 16.0. The van der Waals surface area contributed by atoms with Crippen molar-refractivity contribution in [3.8, 4) is 5.75 Å². The molecule has 2 N–H and O–H groups in total. The maximum absolute atomic E-state index is 11.8. The number of amides is 2. The average Bonchev–Trinajstić information content (AvgIpc) is 2.46. The minimum atomic E-state index is -0.265. The van der Waals surface area contributed by atoms with Crippen LogP contribution in [0.5, 0.6) is 5.75 Å². The van der Waals surface area contributed by atoms with E-state index in [9.17, 15) is 9.59 Å². The molecular weight excluding hydrogens is 268 g/mol. The van der Waals surface area contributed by atoms with E-state index < -0.39 is 0 Å². The minimum Gasteiger partial charge on any atom is -0.484 e. The van der Waals surface area contributed by atoms with Gasteiger partial charge in [0.15, 0.2) is 6.61 Å². The summed E-state index contributed by atoms with van der Waals surface area (Å²) in [5.74, 6) is 0.212. The summed E-state index contributed by atoms with van der Waals surface area (Å²) < 4.78 is 5.35. The smallest absolute Gasteiger partial charge is 0.262 e. The van der Waals surface area contributed by atoms with Crippen molar-refractivity contribution in [3.63, 3.8) is 0 Å². The standard InChI is InChI=1S/C16H16N2O3/c1-12(19)17-13-6-5-7-14(10-13)18-16(20)11-21-15-8-3-2-4-9-15/h2-10H,11H2,1H3,(H,17,19)(H,18,20). The lowest BCUT2D eigenvalue weighted by atomic mass is 10.2. The van der Waals surface area contributed by atoms with Crippen LogP contribution in [0.15, 0.2) is 54.6 Å². The van der Waals surface area contributed by atoms with Crippen molar-refractivity contribution in [3.05, 3.63) is 54.6 Å². The van der Waals surface area contributed by atoms with Crippen LogP contribution in [0.3, 0.4) is 0 Å². The van der Waals surface area contributed by atoms with E-state index >= 15 is 0 Å². The lowest BCUT2D eigenvalue weighted by Crippen LogP contribution is -2.20. The third-order valence-corrected chi connectivity index (χ3v) is 2.58. The highest BCUT2D eigenvalue weighted by Crippen LogP contribution is 2.15. The van der Waals surface area contributed by atoms with Crippen LogP contribution in [0.4, 0.5) is 11.4 Å². The predicted molar refractivity (Wildman–Crippen MR) is 81.3 cm³/mol. The van der Waals surface area contributed by atoms with Crippen molar-refractivity contribution in [2.45, 2.75) is 6.92 Å². The molecule has 21 heavy (non-hydrogen) atoms. The van der Waals surface area contributed by atoms with Crippen LogP contribution in [-0.4, -0.2) is 18.4 Å². The Morgan fingerprint density at radius 3 is 2.29 bits per heavy atom. The zero-order valence-electron chi connectivity index (χ0n) is 11.6. The Kier molecular flexibility index (Phi) is 4.93. The highest BCUT2D eigenvalue weighted by molar-refractivity contribution is 5.94. The van der Waals surface area contributed by atoms with E-state index in [-0.39, 0.29) is 18.4 Å². The topological polar surface area (TPSA) is 67.4 Å². The Labute approximate surface area is 122 Å². The normalized spacial score (nSPS) is 9.76. The highest BCUT2D eigenvalue weighted by Gasteiger charge is 2.04. The SMILES string of the molecule is CC(=O)Nc1cccc(NC(=O)COc2ccccc2)c1. The number of ether oxygens (including phenoxy) is 1. The molecular formula is C16H16N2O3. The van der Waals surface area contributed by atoms with Crippen LogP contribution in [0, 0.1) is 0 Å². The van der Waals surface area contributed by atoms with Crippen LogP contribution in [-0.2, 0) is 9.59 Å². The summed E-state index contributed by atoms with van der Waals surface area (Å²) >= 11 is 0. The molecule has 0 bridgehead atoms. The third kappa shape index (κ3) is 4.99. The van der Waals surface area contributed by atoms with Gasteiger partial charge in [0.1, 0.15) is 5.75 Å². The molecule has 0 radical (unpaired) electrons. The molecule has 0 unspecified atom stereocenters. The number of anilines is 2. The van der Waals surface area contributed by atoms with Gasteiger partial charge < -0.3 is 15.4 Å². The molecule has 108 valence electrons. The molecule has 2 rings (SSSR count). The minimum absolute atomic E-state index is 0.0750. The Balaban J connectivity index is 1.89. The van der Waals surface area contributed by atoms with Gasteiger partial charge in [-0.2, -0.15) is 0 Å². The van der Waals surface area contributed by atoms with E-state index in [0.29, 0.717) is 17.1 Å². The second-order valence-electron chi connectivity index (χ2n) is 4.41. The molecule has 0 spiro atoms. The van der Waals surface area contributed by atoms with Crippen LogP contribution in [0.25, 0.3) is 0 Å². The molecule has 0 fully saturated rings. The Hall–Kier alpha value is -2.82. The van der Waals surface area contributed by atoms with E-state index in [4.69, 9.17) is 4.74 Å². The fourth-order valence-corrected chi connectivity index (χ4v) is 1.74. The maximum Gasteiger partial charge on any atom is 0.262 e. The molecule has 2 aromatic rings. The highest BCUT2D eigenvalue weighted by atomic mass is 16.5. The van der Waals surface area contributed by atoms with Gasteiger partial charge in [-0.15, -0.1) is 0 Å². The zero-order valence-corrected chi connectivity index (χ0v) is 11.6. The summed E-state index contributed by atoms with van der Waals surface area (Å²) in [6.45, 7) is 1.35. The molecule has 0 saturated carbocycles. The lowest BCUT2D eigenvalue weighted by molar-refractivity contribution is -0.118. The Morgan fingerprint density at radius 2 is 1.62 bits per heavy atom. The van der Waals surface area contributed by atoms with Gasteiger partial charge in [0.2, 0.25) is 5.91 Å². The third-order valence-electron chi connectivity index (χ3n) is 2.58. The molecule has 5 heteroatoms. The van der Waals surface area contributed by atoms with E-state index in [1.807, 2.05) is 18.2 Å². The number of para-hydroxylation sites is 1. The van der Waals surface area contributed by atoms with Crippen molar-refractivity contribution in [1.82, 2.24) is 0 Å². The van der Waals surface area contributed by atoms with E-state index in [2.05, 4.69) is 10.6 Å². The molecule has 2 aromatic carbocycles. The number of benzene rings is 2. The fourth-order valence-electron chi connectivity index (χ4n) is 1.74. The first kappa shape index (κ1) is 14.6. The molecule has 0 aliphatic rings. The average molecular weight is 284 g/mol. The van der Waals surface area contributed by atoms with Gasteiger partial charge in [-0.3, -0.25) is 9.59 Å². The molecule has 0 saturated heterocycles. The molecule has 0 atom stereocenters. The van der Waals surface area contributed by atoms with Crippen LogP contribution < -0.4 is 15.4 Å². The van der Waals surface area contributed by atoms with Crippen molar-refractivity contribution >= 4 is 23.2 Å². The Bertz CT molecular complexity index is 626. The first-order valence-electron chi connectivity index (χ1n) is 6.49. The van der Waals surface area contributed by atoms with E-state index in [0.717, 1.165) is 0 Å². The Morgan fingerprint density at radius 1 is 0.952 bits per heavy atom. The predicted octanol–water partition coefficient (Wildman–Crippen LogP) is 2.66. The van der Waals surface area contributed by atoms with Gasteiger partial charge in [-0.1, -0.05) is 24.3 Å². The first-order valence-corrected chi connectivity index (χ1v) is 6.49. The van der Waals surface area contributed by atoms with Crippen LogP contribution in [0.2, 0.25) is 0 Å². The van der Waals surface area contributed by atoms with Gasteiger partial charge in [0, 0.05) is 18.3 Å². The number of nitrogens with one attached hydrogen (secondary N) is 2. The molecule has 0 heterocycles. The fraction of sp³-hybridized carbons (Fsp3) is 0.125. The van der Waals surface area contributed by atoms with Crippen LogP contribution in [0.1, 0.15) is 6.92 Å². The quantitative estimate of drug-likeness (QED) is 0.887. The number of carbonyl (C=O) groups excluding carboxylic acids is 2. The largest absolute Gasteiger partial charge is 0.484 e. The first-order chi connectivity index (χ1) is 10.1. The second kappa shape index (κ2) is 7.09. The van der Waals surface area contributed by atoms with E-state index in [1.165, 1.54) is 6.92 Å². The van der Waals surface area contributed by atoms with Gasteiger partial charge in [0.25, 0.3) is 5.91 Å². The van der Waals surface area contributed by atoms with Gasteiger partial charge in [0.05, 0.1) is 0 Å². The summed E-state index contributed by atoms with van der Waals surface area (Å²) in [7, 11) is 0. The summed E-state index contributed by atoms with van der Waals surface area (Å²) in [5.41, 5.74) is 1.23. The van der Waals surface area contributed by atoms with Crippen molar-refractivity contribution < 1.29 is 14.3 Å². The molecule has 5 nitrogen and oxygen atoms in total. The molecule has 0 aliphatic heterocycles. The van der Waals surface area contributed by atoms with Crippen molar-refractivity contribution in [1.29, 1.82) is 0 Å². The van der Waals surface area contributed by atoms with Gasteiger partial charge in [-0.05, 0) is 30.3 Å². The van der Waals surface area contributed by atoms with Crippen LogP contribution >= 0.6 is 0 Å². The monoisotopic (exact) mass is 284 g/mol. The lowest BCUT2D eigenvalue weighted by Gasteiger charge is -2.09.